The largest absolute Gasteiger partial charge is 0.332 e. The Hall–Kier alpha value is -1.51. The number of carbonyl (C=O) groups excluding carboxylic acids is 1. The smallest absolute Gasteiger partial charge is 0.240 e. The Bertz CT molecular complexity index is 737. The first-order chi connectivity index (χ1) is 11.9. The van der Waals surface area contributed by atoms with Crippen LogP contribution in [0.25, 0.3) is 0 Å². The van der Waals surface area contributed by atoms with Gasteiger partial charge in [0.1, 0.15) is 0 Å². The molecular formula is C17H23N3O3S2. The molecule has 6 nitrogen and oxygen atoms in total. The SMILES string of the molecule is O=C(NC(=S)Nc1ccc(S(=O)(=O)NC2CCCCC2)cc1)C1CC1. The fraction of sp³-hybridized carbons (Fsp3) is 0.529. The van der Waals surface area contributed by atoms with E-state index in [9.17, 15) is 13.2 Å². The Balaban J connectivity index is 1.56. The molecule has 1 aromatic carbocycles. The summed E-state index contributed by atoms with van der Waals surface area (Å²) in [4.78, 5) is 11.9. The number of benzene rings is 1. The van der Waals surface area contributed by atoms with Gasteiger partial charge in [0.2, 0.25) is 15.9 Å². The number of hydrogen-bond donors (Lipinski definition) is 3. The molecule has 136 valence electrons. The molecule has 8 heteroatoms. The average molecular weight is 382 g/mol. The van der Waals surface area contributed by atoms with E-state index in [-0.39, 0.29) is 27.9 Å². The van der Waals surface area contributed by atoms with Crippen LogP contribution in [0.3, 0.4) is 0 Å². The van der Waals surface area contributed by atoms with Crippen LogP contribution < -0.4 is 15.4 Å². The van der Waals surface area contributed by atoms with E-state index >= 15 is 0 Å². The highest BCUT2D eigenvalue weighted by Gasteiger charge is 2.30. The zero-order valence-electron chi connectivity index (χ0n) is 14.0. The molecule has 0 aliphatic heterocycles. The summed E-state index contributed by atoms with van der Waals surface area (Å²) in [5, 5.41) is 5.77. The molecule has 0 aromatic heterocycles. The van der Waals surface area contributed by atoms with Crippen molar-refractivity contribution in [1.82, 2.24) is 10.0 Å². The van der Waals surface area contributed by atoms with Crippen molar-refractivity contribution < 1.29 is 13.2 Å². The summed E-state index contributed by atoms with van der Waals surface area (Å²) in [5.74, 6) is 0.0199. The molecule has 2 saturated carbocycles. The Morgan fingerprint density at radius 1 is 1.00 bits per heavy atom. The molecule has 2 aliphatic rings. The van der Waals surface area contributed by atoms with Crippen molar-refractivity contribution >= 4 is 38.9 Å². The molecular weight excluding hydrogens is 358 g/mol. The van der Waals surface area contributed by atoms with Crippen molar-refractivity contribution in [3.8, 4) is 0 Å². The van der Waals surface area contributed by atoms with Crippen LogP contribution in [0.5, 0.6) is 0 Å². The maximum atomic E-state index is 12.4. The average Bonchev–Trinajstić information content (AvgIpc) is 3.40. The summed E-state index contributed by atoms with van der Waals surface area (Å²) >= 11 is 5.10. The second kappa shape index (κ2) is 7.80. The first-order valence-electron chi connectivity index (χ1n) is 8.68. The van der Waals surface area contributed by atoms with Crippen LogP contribution in [0.2, 0.25) is 0 Å². The molecule has 0 unspecified atom stereocenters. The molecule has 1 aromatic rings. The summed E-state index contributed by atoms with van der Waals surface area (Å²) < 4.78 is 27.7. The minimum Gasteiger partial charge on any atom is -0.332 e. The predicted octanol–water partition coefficient (Wildman–Crippen LogP) is 2.52. The molecule has 0 bridgehead atoms. The number of sulfonamides is 1. The molecule has 2 aliphatic carbocycles. The van der Waals surface area contributed by atoms with Gasteiger partial charge in [-0.25, -0.2) is 13.1 Å². The van der Waals surface area contributed by atoms with Gasteiger partial charge in [-0.3, -0.25) is 4.79 Å². The number of carbonyl (C=O) groups is 1. The molecule has 0 radical (unpaired) electrons. The molecule has 1 amide bonds. The van der Waals surface area contributed by atoms with Crippen molar-refractivity contribution in [2.75, 3.05) is 5.32 Å². The van der Waals surface area contributed by atoms with E-state index in [4.69, 9.17) is 12.2 Å². The van der Waals surface area contributed by atoms with E-state index < -0.39 is 10.0 Å². The number of anilines is 1. The van der Waals surface area contributed by atoms with Crippen LogP contribution in [-0.4, -0.2) is 25.5 Å². The summed E-state index contributed by atoms with van der Waals surface area (Å²) in [6.07, 6.45) is 6.93. The number of rotatable bonds is 5. The number of hydrogen-bond acceptors (Lipinski definition) is 4. The molecule has 25 heavy (non-hydrogen) atoms. The fourth-order valence-corrected chi connectivity index (χ4v) is 4.47. The number of amides is 1. The molecule has 3 rings (SSSR count). The van der Waals surface area contributed by atoms with Crippen LogP contribution in [-0.2, 0) is 14.8 Å². The monoisotopic (exact) mass is 381 g/mol. The normalized spacial score (nSPS) is 18.6. The van der Waals surface area contributed by atoms with Gasteiger partial charge in [0.05, 0.1) is 4.90 Å². The minimum absolute atomic E-state index is 0.0294. The highest BCUT2D eigenvalue weighted by atomic mass is 32.2. The minimum atomic E-state index is -3.51. The van der Waals surface area contributed by atoms with Crippen molar-refractivity contribution in [3.05, 3.63) is 24.3 Å². The number of thiocarbonyl (C=S) groups is 1. The predicted molar refractivity (Wildman–Crippen MR) is 101 cm³/mol. The molecule has 2 fully saturated rings. The van der Waals surface area contributed by atoms with Crippen LogP contribution >= 0.6 is 12.2 Å². The Morgan fingerprint density at radius 2 is 1.64 bits per heavy atom. The molecule has 0 atom stereocenters. The van der Waals surface area contributed by atoms with Crippen molar-refractivity contribution in [3.63, 3.8) is 0 Å². The maximum Gasteiger partial charge on any atom is 0.240 e. The maximum absolute atomic E-state index is 12.4. The van der Waals surface area contributed by atoms with Crippen LogP contribution in [0.1, 0.15) is 44.9 Å². The van der Waals surface area contributed by atoms with Crippen LogP contribution in [0.15, 0.2) is 29.2 Å². The topological polar surface area (TPSA) is 87.3 Å². The second-order valence-corrected chi connectivity index (χ2v) is 8.82. The van der Waals surface area contributed by atoms with Gasteiger partial charge in [-0.15, -0.1) is 0 Å². The lowest BCUT2D eigenvalue weighted by molar-refractivity contribution is -0.120. The zero-order chi connectivity index (χ0) is 17.9. The summed E-state index contributed by atoms with van der Waals surface area (Å²) in [6.45, 7) is 0. The van der Waals surface area contributed by atoms with Gasteiger partial charge in [0, 0.05) is 17.6 Å². The van der Waals surface area contributed by atoms with Crippen molar-refractivity contribution in [2.45, 2.75) is 55.9 Å². The fourth-order valence-electron chi connectivity index (χ4n) is 2.95. The lowest BCUT2D eigenvalue weighted by Gasteiger charge is -2.22. The van der Waals surface area contributed by atoms with Crippen molar-refractivity contribution in [1.29, 1.82) is 0 Å². The Kier molecular flexibility index (Phi) is 5.71. The summed E-state index contributed by atoms with van der Waals surface area (Å²) in [7, 11) is -3.51. The highest BCUT2D eigenvalue weighted by molar-refractivity contribution is 7.89. The van der Waals surface area contributed by atoms with E-state index in [1.54, 1.807) is 24.3 Å². The van der Waals surface area contributed by atoms with Gasteiger partial charge >= 0.3 is 0 Å². The van der Waals surface area contributed by atoms with E-state index in [1.165, 1.54) is 6.42 Å². The first-order valence-corrected chi connectivity index (χ1v) is 10.6. The van der Waals surface area contributed by atoms with Gasteiger partial charge in [-0.1, -0.05) is 19.3 Å². The quantitative estimate of drug-likeness (QED) is 0.682. The van der Waals surface area contributed by atoms with Crippen LogP contribution in [0.4, 0.5) is 5.69 Å². The lowest BCUT2D eigenvalue weighted by Crippen LogP contribution is -2.36. The molecule has 3 N–H and O–H groups in total. The third kappa shape index (κ3) is 5.23. The van der Waals surface area contributed by atoms with E-state index in [1.807, 2.05) is 0 Å². The third-order valence-electron chi connectivity index (χ3n) is 4.53. The van der Waals surface area contributed by atoms with Gasteiger partial charge in [-0.2, -0.15) is 0 Å². The Labute approximate surface area is 153 Å². The molecule has 0 spiro atoms. The third-order valence-corrected chi connectivity index (χ3v) is 6.27. The molecule has 0 heterocycles. The van der Waals surface area contributed by atoms with Crippen LogP contribution in [0, 0.1) is 5.92 Å². The summed E-state index contributed by atoms with van der Waals surface area (Å²) in [5.41, 5.74) is 0.637. The van der Waals surface area contributed by atoms with Crippen molar-refractivity contribution in [2.24, 2.45) is 5.92 Å². The van der Waals surface area contributed by atoms with Gasteiger partial charge in [-0.05, 0) is 62.2 Å². The second-order valence-electron chi connectivity index (χ2n) is 6.70. The summed E-state index contributed by atoms with van der Waals surface area (Å²) in [6, 6.07) is 6.40. The zero-order valence-corrected chi connectivity index (χ0v) is 15.6. The van der Waals surface area contributed by atoms with E-state index in [0.29, 0.717) is 5.69 Å². The standard InChI is InChI=1S/C17H23N3O3S2/c21-16(12-6-7-12)19-17(24)18-13-8-10-15(11-9-13)25(22,23)20-14-4-2-1-3-5-14/h8-12,14,20H,1-7H2,(H2,18,19,21,24). The molecule has 0 saturated heterocycles. The lowest BCUT2D eigenvalue weighted by atomic mass is 9.96. The van der Waals surface area contributed by atoms with E-state index in [2.05, 4.69) is 15.4 Å². The van der Waals surface area contributed by atoms with E-state index in [0.717, 1.165) is 38.5 Å². The Morgan fingerprint density at radius 3 is 2.24 bits per heavy atom. The van der Waals surface area contributed by atoms with Gasteiger partial charge < -0.3 is 10.6 Å². The first kappa shape index (κ1) is 18.3. The van der Waals surface area contributed by atoms with Gasteiger partial charge in [0.25, 0.3) is 0 Å². The number of nitrogens with one attached hydrogen (secondary N) is 3. The highest BCUT2D eigenvalue weighted by Crippen LogP contribution is 2.28. The van der Waals surface area contributed by atoms with Gasteiger partial charge in [0.15, 0.2) is 5.11 Å².